The Balaban J connectivity index is 2.05. The number of furan rings is 1. The summed E-state index contributed by atoms with van der Waals surface area (Å²) in [5.41, 5.74) is -0.327. The van der Waals surface area contributed by atoms with Crippen LogP contribution in [0, 0.1) is 10.1 Å². The average molecular weight is 295 g/mol. The molecule has 1 aromatic carbocycles. The lowest BCUT2D eigenvalue weighted by molar-refractivity contribution is -0.385. The monoisotopic (exact) mass is 294 g/mol. The number of hydrogen-bond acceptors (Lipinski definition) is 4. The third-order valence-electron chi connectivity index (χ3n) is 2.64. The molecule has 2 aromatic rings. The van der Waals surface area contributed by atoms with E-state index in [1.54, 1.807) is 18.4 Å². The van der Waals surface area contributed by atoms with Gasteiger partial charge in [-0.05, 0) is 24.3 Å². The van der Waals surface area contributed by atoms with Gasteiger partial charge >= 0.3 is 0 Å². The Hall–Kier alpha value is -2.34. The van der Waals surface area contributed by atoms with Crippen molar-refractivity contribution >= 4 is 23.2 Å². The first-order valence-electron chi connectivity index (χ1n) is 5.82. The standard InChI is InChI=1S/C13H11ClN2O4/c14-9-3-4-12(16(18)19)11(8-9)13(17)15-6-5-10-2-1-7-20-10/h1-4,7-8H,5-6H2,(H,15,17). The third kappa shape index (κ3) is 3.36. The van der Waals surface area contributed by atoms with E-state index in [9.17, 15) is 14.9 Å². The fraction of sp³-hybridized carbons (Fsp3) is 0.154. The topological polar surface area (TPSA) is 85.4 Å². The van der Waals surface area contributed by atoms with Crippen LogP contribution >= 0.6 is 11.6 Å². The smallest absolute Gasteiger partial charge is 0.282 e. The first-order valence-corrected chi connectivity index (χ1v) is 6.20. The number of hydrogen-bond donors (Lipinski definition) is 1. The summed E-state index contributed by atoms with van der Waals surface area (Å²) < 4.78 is 5.12. The van der Waals surface area contributed by atoms with Crippen LogP contribution in [0.2, 0.25) is 5.02 Å². The number of halogens is 1. The number of amides is 1. The van der Waals surface area contributed by atoms with Gasteiger partial charge in [-0.15, -0.1) is 0 Å². The van der Waals surface area contributed by atoms with Gasteiger partial charge in [0.2, 0.25) is 0 Å². The fourth-order valence-corrected chi connectivity index (χ4v) is 1.87. The summed E-state index contributed by atoms with van der Waals surface area (Å²) in [6.07, 6.45) is 2.05. The lowest BCUT2D eigenvalue weighted by Crippen LogP contribution is -2.26. The van der Waals surface area contributed by atoms with Gasteiger partial charge < -0.3 is 9.73 Å². The summed E-state index contributed by atoms with van der Waals surface area (Å²) in [7, 11) is 0. The molecule has 1 aromatic heterocycles. The van der Waals surface area contributed by atoms with E-state index in [0.717, 1.165) is 5.76 Å². The van der Waals surface area contributed by atoms with E-state index in [4.69, 9.17) is 16.0 Å². The summed E-state index contributed by atoms with van der Waals surface area (Å²) in [6.45, 7) is 0.315. The number of nitro groups is 1. The van der Waals surface area contributed by atoms with Crippen LogP contribution in [0.4, 0.5) is 5.69 Å². The molecule has 0 saturated heterocycles. The molecule has 0 bridgehead atoms. The van der Waals surface area contributed by atoms with E-state index in [2.05, 4.69) is 5.32 Å². The Morgan fingerprint density at radius 1 is 1.40 bits per heavy atom. The Bertz CT molecular complexity index is 625. The van der Waals surface area contributed by atoms with Gasteiger partial charge in [-0.1, -0.05) is 11.6 Å². The van der Waals surface area contributed by atoms with Gasteiger partial charge in [0.15, 0.2) is 0 Å². The molecule has 0 aliphatic carbocycles. The molecular weight excluding hydrogens is 284 g/mol. The molecule has 104 valence electrons. The van der Waals surface area contributed by atoms with Crippen LogP contribution in [0.1, 0.15) is 16.1 Å². The van der Waals surface area contributed by atoms with Crippen LogP contribution in [-0.2, 0) is 6.42 Å². The Kier molecular flexibility index (Phi) is 4.37. The zero-order chi connectivity index (χ0) is 14.5. The van der Waals surface area contributed by atoms with Crippen molar-refractivity contribution in [3.63, 3.8) is 0 Å². The van der Waals surface area contributed by atoms with Crippen LogP contribution < -0.4 is 5.32 Å². The third-order valence-corrected chi connectivity index (χ3v) is 2.87. The van der Waals surface area contributed by atoms with E-state index >= 15 is 0 Å². The van der Waals surface area contributed by atoms with Crippen LogP contribution in [0.15, 0.2) is 41.0 Å². The second-order valence-electron chi connectivity index (χ2n) is 4.00. The SMILES string of the molecule is O=C(NCCc1ccco1)c1cc(Cl)ccc1[N+](=O)[O-]. The highest BCUT2D eigenvalue weighted by atomic mass is 35.5. The predicted molar refractivity (Wildman–Crippen MR) is 72.9 cm³/mol. The molecule has 2 rings (SSSR count). The second-order valence-corrected chi connectivity index (χ2v) is 4.44. The lowest BCUT2D eigenvalue weighted by Gasteiger charge is -2.05. The zero-order valence-corrected chi connectivity index (χ0v) is 11.1. The molecule has 0 saturated carbocycles. The molecule has 1 amide bonds. The van der Waals surface area contributed by atoms with Crippen molar-refractivity contribution in [1.82, 2.24) is 5.32 Å². The van der Waals surface area contributed by atoms with Crippen molar-refractivity contribution in [2.75, 3.05) is 6.54 Å². The molecular formula is C13H11ClN2O4. The van der Waals surface area contributed by atoms with Crippen molar-refractivity contribution in [3.05, 3.63) is 63.1 Å². The predicted octanol–water partition coefficient (Wildman–Crippen LogP) is 2.81. The lowest BCUT2D eigenvalue weighted by atomic mass is 10.1. The number of benzene rings is 1. The largest absolute Gasteiger partial charge is 0.469 e. The normalized spacial score (nSPS) is 10.2. The minimum absolute atomic E-state index is 0.0538. The minimum atomic E-state index is -0.613. The number of rotatable bonds is 5. The molecule has 0 aliphatic heterocycles. The molecule has 0 fully saturated rings. The molecule has 1 heterocycles. The highest BCUT2D eigenvalue weighted by Gasteiger charge is 2.20. The van der Waals surface area contributed by atoms with Crippen LogP contribution in [0.25, 0.3) is 0 Å². The Morgan fingerprint density at radius 2 is 2.20 bits per heavy atom. The van der Waals surface area contributed by atoms with Gasteiger partial charge in [-0.25, -0.2) is 0 Å². The van der Waals surface area contributed by atoms with E-state index in [1.807, 2.05) is 0 Å². The van der Waals surface area contributed by atoms with Crippen molar-refractivity contribution in [2.24, 2.45) is 0 Å². The molecule has 20 heavy (non-hydrogen) atoms. The van der Waals surface area contributed by atoms with Gasteiger partial charge in [0, 0.05) is 24.1 Å². The van der Waals surface area contributed by atoms with Crippen LogP contribution in [0.3, 0.4) is 0 Å². The van der Waals surface area contributed by atoms with E-state index in [-0.39, 0.29) is 16.3 Å². The van der Waals surface area contributed by atoms with Gasteiger partial charge in [-0.3, -0.25) is 14.9 Å². The van der Waals surface area contributed by atoms with Crippen molar-refractivity contribution < 1.29 is 14.1 Å². The first kappa shape index (κ1) is 14.1. The molecule has 7 heteroatoms. The van der Waals surface area contributed by atoms with Crippen LogP contribution in [-0.4, -0.2) is 17.4 Å². The summed E-state index contributed by atoms with van der Waals surface area (Å²) in [5, 5.41) is 13.7. The average Bonchev–Trinajstić information content (AvgIpc) is 2.91. The maximum absolute atomic E-state index is 11.9. The maximum Gasteiger partial charge on any atom is 0.282 e. The van der Waals surface area contributed by atoms with Crippen LogP contribution in [0.5, 0.6) is 0 Å². The molecule has 1 N–H and O–H groups in total. The quantitative estimate of drug-likeness (QED) is 0.678. The van der Waals surface area contributed by atoms with Gasteiger partial charge in [-0.2, -0.15) is 0 Å². The van der Waals surface area contributed by atoms with Crippen molar-refractivity contribution in [1.29, 1.82) is 0 Å². The van der Waals surface area contributed by atoms with E-state index in [1.165, 1.54) is 18.2 Å². The molecule has 6 nitrogen and oxygen atoms in total. The fourth-order valence-electron chi connectivity index (χ4n) is 1.70. The number of nitro benzene ring substituents is 1. The highest BCUT2D eigenvalue weighted by Crippen LogP contribution is 2.22. The summed E-state index contributed by atoms with van der Waals surface area (Å²) in [5.74, 6) is 0.191. The number of carbonyl (C=O) groups excluding carboxylic acids is 1. The van der Waals surface area contributed by atoms with E-state index < -0.39 is 10.8 Å². The Labute approximate surface area is 119 Å². The molecule has 0 aliphatic rings. The second kappa shape index (κ2) is 6.21. The number of nitrogens with zero attached hydrogens (tertiary/aromatic N) is 1. The van der Waals surface area contributed by atoms with Gasteiger partial charge in [0.25, 0.3) is 11.6 Å². The summed E-state index contributed by atoms with van der Waals surface area (Å²) in [4.78, 5) is 22.2. The first-order chi connectivity index (χ1) is 9.58. The van der Waals surface area contributed by atoms with Gasteiger partial charge in [0.1, 0.15) is 11.3 Å². The number of nitrogens with one attached hydrogen (secondary N) is 1. The molecule has 0 unspecified atom stereocenters. The number of carbonyl (C=O) groups is 1. The summed E-state index contributed by atoms with van der Waals surface area (Å²) >= 11 is 5.76. The zero-order valence-electron chi connectivity index (χ0n) is 10.3. The minimum Gasteiger partial charge on any atom is -0.469 e. The molecule has 0 atom stereocenters. The maximum atomic E-state index is 11.9. The highest BCUT2D eigenvalue weighted by molar-refractivity contribution is 6.31. The molecule has 0 radical (unpaired) electrons. The molecule has 0 spiro atoms. The Morgan fingerprint density at radius 3 is 2.85 bits per heavy atom. The van der Waals surface area contributed by atoms with Gasteiger partial charge in [0.05, 0.1) is 11.2 Å². The van der Waals surface area contributed by atoms with Crippen molar-refractivity contribution in [2.45, 2.75) is 6.42 Å². The van der Waals surface area contributed by atoms with Crippen molar-refractivity contribution in [3.8, 4) is 0 Å². The van der Waals surface area contributed by atoms with E-state index in [0.29, 0.717) is 13.0 Å². The summed E-state index contributed by atoms with van der Waals surface area (Å²) in [6, 6.07) is 7.40.